The van der Waals surface area contributed by atoms with Gasteiger partial charge in [0.15, 0.2) is 10.8 Å². The van der Waals surface area contributed by atoms with E-state index in [0.29, 0.717) is 11.3 Å². The lowest BCUT2D eigenvalue weighted by Gasteiger charge is -2.22. The minimum absolute atomic E-state index is 0.0167. The van der Waals surface area contributed by atoms with Crippen LogP contribution < -0.4 is 9.62 Å². The molecule has 0 atom stereocenters. The predicted octanol–water partition coefficient (Wildman–Crippen LogP) is 4.22. The molecule has 0 fully saturated rings. The first kappa shape index (κ1) is 24.6. The van der Waals surface area contributed by atoms with Crippen LogP contribution in [-0.2, 0) is 22.7 Å². The number of carbonyl (C=O) groups is 1. The zero-order valence-corrected chi connectivity index (χ0v) is 19.8. The summed E-state index contributed by atoms with van der Waals surface area (Å²) in [6, 6.07) is 10.4. The molecule has 0 bridgehead atoms. The van der Waals surface area contributed by atoms with Crippen molar-refractivity contribution in [3.05, 3.63) is 68.9 Å². The number of carbonyl (C=O) groups excluding carboxylic acids is 1. The maximum atomic E-state index is 12.9. The Kier molecular flexibility index (Phi) is 7.06. The second-order valence-corrected chi connectivity index (χ2v) is 10.6. The van der Waals surface area contributed by atoms with Gasteiger partial charge in [-0.2, -0.15) is 18.4 Å². The Bertz CT molecular complexity index is 1320. The van der Waals surface area contributed by atoms with Gasteiger partial charge in [0.25, 0.3) is 5.91 Å². The lowest BCUT2D eigenvalue weighted by Crippen LogP contribution is -2.30. The first-order chi connectivity index (χ1) is 15.4. The van der Waals surface area contributed by atoms with Crippen LogP contribution in [-0.4, -0.2) is 30.5 Å². The third-order valence-electron chi connectivity index (χ3n) is 4.08. The lowest BCUT2D eigenvalue weighted by molar-refractivity contribution is -0.137. The molecule has 1 aromatic carbocycles. The Labute approximate surface area is 198 Å². The van der Waals surface area contributed by atoms with Crippen molar-refractivity contribution in [3.63, 3.8) is 0 Å². The number of benzene rings is 1. The molecular weight excluding hydrogens is 547 g/mol. The van der Waals surface area contributed by atoms with E-state index in [1.165, 1.54) is 6.07 Å². The van der Waals surface area contributed by atoms with E-state index in [-0.39, 0.29) is 26.9 Å². The standard InChI is InChI=1S/C19H13BrF3N5O3S2/c1-33(30,31)27-17(29)15-16(20)32-18(26-15)28(14-6-2-11(8-24)3-7-14)10-13-5-4-12(9-25-13)19(21,22)23/h2-7,9H,10H2,1H3,(H,27,29). The highest BCUT2D eigenvalue weighted by molar-refractivity contribution is 9.11. The summed E-state index contributed by atoms with van der Waals surface area (Å²) in [5.74, 6) is -0.945. The fraction of sp³-hybridized carbons (Fsp3) is 0.158. The average Bonchev–Trinajstić information content (AvgIpc) is 3.12. The Morgan fingerprint density at radius 2 is 1.91 bits per heavy atom. The van der Waals surface area contributed by atoms with Crippen LogP contribution in [0.4, 0.5) is 24.0 Å². The van der Waals surface area contributed by atoms with Gasteiger partial charge in [0.05, 0.1) is 35.7 Å². The molecule has 2 aromatic heterocycles. The van der Waals surface area contributed by atoms with Crippen LogP contribution in [0.1, 0.15) is 27.3 Å². The van der Waals surface area contributed by atoms with Crippen LogP contribution in [0.3, 0.4) is 0 Å². The van der Waals surface area contributed by atoms with Gasteiger partial charge < -0.3 is 4.90 Å². The number of thiazole rings is 1. The van der Waals surface area contributed by atoms with Gasteiger partial charge in [-0.1, -0.05) is 11.3 Å². The molecule has 14 heteroatoms. The normalized spacial score (nSPS) is 11.6. The number of anilines is 2. The summed E-state index contributed by atoms with van der Waals surface area (Å²) in [5, 5.41) is 9.27. The monoisotopic (exact) mass is 559 g/mol. The SMILES string of the molecule is CS(=O)(=O)NC(=O)c1nc(N(Cc2ccc(C(F)(F)F)cn2)c2ccc(C#N)cc2)sc1Br. The molecule has 0 aliphatic heterocycles. The molecule has 1 N–H and O–H groups in total. The summed E-state index contributed by atoms with van der Waals surface area (Å²) in [4.78, 5) is 21.9. The van der Waals surface area contributed by atoms with Crippen molar-refractivity contribution in [2.45, 2.75) is 12.7 Å². The Hall–Kier alpha value is -3.02. The van der Waals surface area contributed by atoms with Crippen LogP contribution in [0.5, 0.6) is 0 Å². The van der Waals surface area contributed by atoms with E-state index in [9.17, 15) is 26.4 Å². The van der Waals surface area contributed by atoms with Crippen molar-refractivity contribution in [1.29, 1.82) is 5.26 Å². The van der Waals surface area contributed by atoms with Crippen molar-refractivity contribution in [2.75, 3.05) is 11.2 Å². The number of nitriles is 1. The van der Waals surface area contributed by atoms with E-state index < -0.39 is 27.7 Å². The second kappa shape index (κ2) is 9.46. The van der Waals surface area contributed by atoms with Gasteiger partial charge in [-0.25, -0.2) is 18.1 Å². The number of amides is 1. The largest absolute Gasteiger partial charge is 0.417 e. The van der Waals surface area contributed by atoms with Crippen molar-refractivity contribution < 1.29 is 26.4 Å². The van der Waals surface area contributed by atoms with Crippen molar-refractivity contribution in [3.8, 4) is 6.07 Å². The van der Waals surface area contributed by atoms with Crippen LogP contribution in [0.15, 0.2) is 46.4 Å². The van der Waals surface area contributed by atoms with E-state index in [2.05, 4.69) is 25.9 Å². The summed E-state index contributed by atoms with van der Waals surface area (Å²) >= 11 is 4.21. The van der Waals surface area contributed by atoms with Gasteiger partial charge in [0.2, 0.25) is 10.0 Å². The Morgan fingerprint density at radius 1 is 1.24 bits per heavy atom. The number of halogens is 4. The zero-order chi connectivity index (χ0) is 24.4. The predicted molar refractivity (Wildman–Crippen MR) is 118 cm³/mol. The molecule has 172 valence electrons. The van der Waals surface area contributed by atoms with Gasteiger partial charge in [-0.3, -0.25) is 9.78 Å². The molecule has 1 amide bonds. The van der Waals surface area contributed by atoms with Crippen molar-refractivity contribution >= 4 is 54.0 Å². The summed E-state index contributed by atoms with van der Waals surface area (Å²) in [6.45, 7) is -0.0167. The van der Waals surface area contributed by atoms with Crippen LogP contribution in [0.2, 0.25) is 0 Å². The smallest absolute Gasteiger partial charge is 0.312 e. The van der Waals surface area contributed by atoms with E-state index in [1.807, 2.05) is 10.8 Å². The minimum atomic E-state index is -4.53. The molecule has 0 radical (unpaired) electrons. The molecular formula is C19H13BrF3N5O3S2. The highest BCUT2D eigenvalue weighted by Gasteiger charge is 2.31. The molecule has 33 heavy (non-hydrogen) atoms. The summed E-state index contributed by atoms with van der Waals surface area (Å²) < 4.78 is 63.4. The van der Waals surface area contributed by atoms with E-state index in [4.69, 9.17) is 5.26 Å². The minimum Gasteiger partial charge on any atom is -0.312 e. The topological polar surface area (TPSA) is 116 Å². The molecule has 8 nitrogen and oxygen atoms in total. The first-order valence-electron chi connectivity index (χ1n) is 8.85. The number of hydrogen-bond donors (Lipinski definition) is 1. The molecule has 0 aliphatic rings. The number of sulfonamides is 1. The van der Waals surface area contributed by atoms with Crippen molar-refractivity contribution in [1.82, 2.24) is 14.7 Å². The number of alkyl halides is 3. The molecule has 0 aliphatic carbocycles. The maximum Gasteiger partial charge on any atom is 0.417 e. The van der Waals surface area contributed by atoms with E-state index >= 15 is 0 Å². The molecule has 0 saturated carbocycles. The lowest BCUT2D eigenvalue weighted by atomic mass is 10.2. The van der Waals surface area contributed by atoms with E-state index in [1.54, 1.807) is 29.2 Å². The van der Waals surface area contributed by atoms with Crippen molar-refractivity contribution in [2.24, 2.45) is 0 Å². The number of hydrogen-bond acceptors (Lipinski definition) is 8. The third-order valence-corrected chi connectivity index (χ3v) is 6.36. The molecule has 0 unspecified atom stereocenters. The highest BCUT2D eigenvalue weighted by atomic mass is 79.9. The van der Waals surface area contributed by atoms with Crippen LogP contribution in [0, 0.1) is 11.3 Å². The molecule has 0 spiro atoms. The fourth-order valence-corrected chi connectivity index (χ4v) is 4.54. The summed E-state index contributed by atoms with van der Waals surface area (Å²) in [6.07, 6.45) is -2.99. The van der Waals surface area contributed by atoms with Gasteiger partial charge in [-0.15, -0.1) is 0 Å². The third kappa shape index (κ3) is 6.28. The maximum absolute atomic E-state index is 12.9. The zero-order valence-electron chi connectivity index (χ0n) is 16.6. The molecule has 0 saturated heterocycles. The Balaban J connectivity index is 2.00. The van der Waals surface area contributed by atoms with Gasteiger partial charge >= 0.3 is 6.18 Å². The fourth-order valence-electron chi connectivity index (χ4n) is 2.60. The highest BCUT2D eigenvalue weighted by Crippen LogP contribution is 2.36. The number of nitrogens with zero attached hydrogens (tertiary/aromatic N) is 4. The summed E-state index contributed by atoms with van der Waals surface area (Å²) in [5.41, 5.74) is 0.111. The number of pyridine rings is 1. The average molecular weight is 560 g/mol. The van der Waals surface area contributed by atoms with Crippen LogP contribution in [0.25, 0.3) is 0 Å². The van der Waals surface area contributed by atoms with Gasteiger partial charge in [0, 0.05) is 11.9 Å². The quantitative estimate of drug-likeness (QED) is 0.480. The molecule has 3 aromatic rings. The van der Waals surface area contributed by atoms with Crippen LogP contribution >= 0.6 is 27.3 Å². The second-order valence-electron chi connectivity index (χ2n) is 6.60. The number of nitrogens with one attached hydrogen (secondary N) is 1. The molecule has 2 heterocycles. The number of aromatic nitrogens is 2. The number of rotatable bonds is 6. The Morgan fingerprint density at radius 3 is 2.42 bits per heavy atom. The van der Waals surface area contributed by atoms with E-state index in [0.717, 1.165) is 29.9 Å². The summed E-state index contributed by atoms with van der Waals surface area (Å²) in [7, 11) is -3.83. The van der Waals surface area contributed by atoms with Gasteiger partial charge in [0.1, 0.15) is 3.79 Å². The van der Waals surface area contributed by atoms with Gasteiger partial charge in [-0.05, 0) is 52.3 Å². The molecule has 3 rings (SSSR count). The first-order valence-corrected chi connectivity index (χ1v) is 12.4.